The van der Waals surface area contributed by atoms with E-state index < -0.39 is 23.4 Å². The second kappa shape index (κ2) is 6.39. The smallest absolute Gasteiger partial charge is 0.325 e. The molecule has 1 aliphatic rings. The van der Waals surface area contributed by atoms with E-state index in [-0.39, 0.29) is 12.6 Å². The number of carbonyl (C=O) groups is 3. The Labute approximate surface area is 144 Å². The molecule has 0 saturated carbocycles. The van der Waals surface area contributed by atoms with Crippen LogP contribution in [0.4, 0.5) is 4.79 Å². The normalized spacial score (nSPS) is 21.1. The van der Waals surface area contributed by atoms with Crippen molar-refractivity contribution in [1.82, 2.24) is 20.5 Å². The van der Waals surface area contributed by atoms with Crippen LogP contribution in [-0.4, -0.2) is 34.3 Å². The fourth-order valence-electron chi connectivity index (χ4n) is 2.71. The molecule has 0 spiro atoms. The Balaban J connectivity index is 1.70. The number of carbonyl (C=O) groups excluding carboxylic acids is 3. The number of rotatable bonds is 5. The monoisotopic (exact) mass is 342 g/mol. The number of nitrogens with zero attached hydrogens (tertiary/aromatic N) is 2. The molecule has 4 amide bonds. The van der Waals surface area contributed by atoms with Crippen LogP contribution in [0.15, 0.2) is 47.2 Å². The molecule has 2 aromatic heterocycles. The predicted octanol–water partition coefficient (Wildman–Crippen LogP) is 1.32. The Morgan fingerprint density at radius 1 is 1.36 bits per heavy atom. The molecule has 1 fully saturated rings. The summed E-state index contributed by atoms with van der Waals surface area (Å²) in [5.74, 6) is -0.390. The van der Waals surface area contributed by atoms with Crippen molar-refractivity contribution < 1.29 is 18.8 Å². The van der Waals surface area contributed by atoms with Gasteiger partial charge in [0.2, 0.25) is 5.91 Å². The Bertz CT molecular complexity index is 790. The molecular weight excluding hydrogens is 324 g/mol. The largest absolute Gasteiger partial charge is 0.467 e. The van der Waals surface area contributed by atoms with Gasteiger partial charge in [-0.2, -0.15) is 0 Å². The summed E-state index contributed by atoms with van der Waals surface area (Å²) in [5.41, 5.74) is -0.870. The van der Waals surface area contributed by atoms with Crippen LogP contribution in [0.5, 0.6) is 0 Å². The first-order valence-corrected chi connectivity index (χ1v) is 7.80. The lowest BCUT2D eigenvalue weighted by molar-refractivity contribution is -0.135. The van der Waals surface area contributed by atoms with Crippen LogP contribution < -0.4 is 10.6 Å². The topological polar surface area (TPSA) is 105 Å². The van der Waals surface area contributed by atoms with Gasteiger partial charge in [0.05, 0.1) is 18.0 Å². The summed E-state index contributed by atoms with van der Waals surface area (Å²) < 4.78 is 5.22. The third kappa shape index (κ3) is 3.10. The number of furan rings is 1. The van der Waals surface area contributed by atoms with Crippen molar-refractivity contribution in [2.24, 2.45) is 0 Å². The third-order valence-electron chi connectivity index (χ3n) is 4.10. The molecule has 1 aliphatic heterocycles. The van der Waals surface area contributed by atoms with Gasteiger partial charge in [0.1, 0.15) is 12.3 Å². The zero-order chi connectivity index (χ0) is 18.0. The number of hydrogen-bond donors (Lipinski definition) is 2. The first kappa shape index (κ1) is 16.7. The molecule has 0 aliphatic carbocycles. The third-order valence-corrected chi connectivity index (χ3v) is 4.10. The summed E-state index contributed by atoms with van der Waals surface area (Å²) in [6.45, 7) is 2.94. The van der Waals surface area contributed by atoms with Gasteiger partial charge in [-0.15, -0.1) is 0 Å². The van der Waals surface area contributed by atoms with Crippen LogP contribution in [0.2, 0.25) is 0 Å². The zero-order valence-electron chi connectivity index (χ0n) is 13.9. The van der Waals surface area contributed by atoms with Gasteiger partial charge in [-0.3, -0.25) is 19.5 Å². The van der Waals surface area contributed by atoms with Gasteiger partial charge in [-0.1, -0.05) is 6.07 Å². The zero-order valence-corrected chi connectivity index (χ0v) is 13.9. The lowest BCUT2D eigenvalue weighted by atomic mass is 9.97. The molecule has 3 rings (SSSR count). The van der Waals surface area contributed by atoms with Crippen molar-refractivity contribution in [1.29, 1.82) is 0 Å². The minimum Gasteiger partial charge on any atom is -0.467 e. The van der Waals surface area contributed by atoms with Crippen LogP contribution >= 0.6 is 0 Å². The number of nitrogens with one attached hydrogen (secondary N) is 2. The van der Waals surface area contributed by atoms with Crippen LogP contribution in [0.3, 0.4) is 0 Å². The van der Waals surface area contributed by atoms with Crippen LogP contribution in [-0.2, 0) is 15.1 Å². The van der Waals surface area contributed by atoms with E-state index in [0.29, 0.717) is 11.5 Å². The average Bonchev–Trinajstić information content (AvgIpc) is 3.20. The SMILES string of the molecule is C[C@@H](NC(=O)CN1C(=O)N[C@](C)(c2ccccn2)C1=O)c1ccco1. The molecule has 8 nitrogen and oxygen atoms in total. The molecule has 2 N–H and O–H groups in total. The highest BCUT2D eigenvalue weighted by Crippen LogP contribution is 2.27. The minimum atomic E-state index is -1.29. The Morgan fingerprint density at radius 2 is 2.16 bits per heavy atom. The molecule has 0 bridgehead atoms. The first-order valence-electron chi connectivity index (χ1n) is 7.80. The van der Waals surface area contributed by atoms with Crippen molar-refractivity contribution in [3.63, 3.8) is 0 Å². The fraction of sp³-hybridized carbons (Fsp3) is 0.294. The molecule has 8 heteroatoms. The first-order chi connectivity index (χ1) is 11.9. The van der Waals surface area contributed by atoms with Crippen molar-refractivity contribution >= 4 is 17.8 Å². The maximum absolute atomic E-state index is 12.7. The van der Waals surface area contributed by atoms with Crippen molar-refractivity contribution in [3.05, 3.63) is 54.2 Å². The molecular formula is C17H18N4O4. The highest BCUT2D eigenvalue weighted by atomic mass is 16.3. The lowest BCUT2D eigenvalue weighted by Crippen LogP contribution is -2.44. The van der Waals surface area contributed by atoms with Crippen molar-refractivity contribution in [3.8, 4) is 0 Å². The maximum atomic E-state index is 12.7. The molecule has 2 atom stereocenters. The highest BCUT2D eigenvalue weighted by molar-refractivity contribution is 6.08. The van der Waals surface area contributed by atoms with E-state index in [0.717, 1.165) is 4.90 Å². The van der Waals surface area contributed by atoms with Crippen LogP contribution in [0.25, 0.3) is 0 Å². The molecule has 130 valence electrons. The summed E-state index contributed by atoms with van der Waals surface area (Å²) in [7, 11) is 0. The van der Waals surface area contributed by atoms with Gasteiger partial charge in [-0.25, -0.2) is 4.79 Å². The van der Waals surface area contributed by atoms with Gasteiger partial charge in [0, 0.05) is 6.20 Å². The second-order valence-electron chi connectivity index (χ2n) is 5.97. The van der Waals surface area contributed by atoms with Crippen molar-refractivity contribution in [2.75, 3.05) is 6.54 Å². The number of urea groups is 1. The number of hydrogen-bond acceptors (Lipinski definition) is 5. The predicted molar refractivity (Wildman–Crippen MR) is 87.1 cm³/mol. The molecule has 3 heterocycles. The number of aromatic nitrogens is 1. The molecule has 0 unspecified atom stereocenters. The van der Waals surface area contributed by atoms with Crippen molar-refractivity contribution in [2.45, 2.75) is 25.4 Å². The van der Waals surface area contributed by atoms with Crippen LogP contribution in [0.1, 0.15) is 31.3 Å². The standard InChI is InChI=1S/C17H18N4O4/c1-11(12-6-5-9-25-12)19-14(22)10-21-15(23)17(2,20-16(21)24)13-7-3-4-8-18-13/h3-9,11H,10H2,1-2H3,(H,19,22)(H,20,24)/t11-,17-/m1/s1. The van der Waals surface area contributed by atoms with Gasteiger partial charge < -0.3 is 15.1 Å². The van der Waals surface area contributed by atoms with Crippen LogP contribution in [0, 0.1) is 0 Å². The summed E-state index contributed by atoms with van der Waals surface area (Å²) >= 11 is 0. The minimum absolute atomic E-state index is 0.370. The molecule has 2 aromatic rings. The maximum Gasteiger partial charge on any atom is 0.325 e. The van der Waals surface area contributed by atoms with E-state index in [4.69, 9.17) is 4.42 Å². The fourth-order valence-corrected chi connectivity index (χ4v) is 2.71. The van der Waals surface area contributed by atoms with Gasteiger partial charge in [0.25, 0.3) is 5.91 Å². The van der Waals surface area contributed by atoms with E-state index in [9.17, 15) is 14.4 Å². The summed E-state index contributed by atoms with van der Waals surface area (Å²) in [5, 5.41) is 5.30. The molecule has 0 aromatic carbocycles. The summed E-state index contributed by atoms with van der Waals surface area (Å²) in [6.07, 6.45) is 3.05. The highest BCUT2D eigenvalue weighted by Gasteiger charge is 2.50. The Hall–Kier alpha value is -3.16. The lowest BCUT2D eigenvalue weighted by Gasteiger charge is -2.21. The Morgan fingerprint density at radius 3 is 2.80 bits per heavy atom. The number of pyridine rings is 1. The number of amides is 4. The van der Waals surface area contributed by atoms with E-state index in [2.05, 4.69) is 15.6 Å². The Kier molecular flexibility index (Phi) is 4.26. The van der Waals surface area contributed by atoms with E-state index in [1.54, 1.807) is 50.4 Å². The van der Waals surface area contributed by atoms with Gasteiger partial charge in [0.15, 0.2) is 5.54 Å². The van der Waals surface area contributed by atoms with Gasteiger partial charge >= 0.3 is 6.03 Å². The molecule has 0 radical (unpaired) electrons. The average molecular weight is 342 g/mol. The second-order valence-corrected chi connectivity index (χ2v) is 5.97. The molecule has 25 heavy (non-hydrogen) atoms. The van der Waals surface area contributed by atoms with E-state index >= 15 is 0 Å². The van der Waals surface area contributed by atoms with Gasteiger partial charge in [-0.05, 0) is 38.1 Å². The quantitative estimate of drug-likeness (QED) is 0.798. The summed E-state index contributed by atoms with van der Waals surface area (Å²) in [4.78, 5) is 42.1. The summed E-state index contributed by atoms with van der Waals surface area (Å²) in [6, 6.07) is 7.55. The van der Waals surface area contributed by atoms with E-state index in [1.807, 2.05) is 0 Å². The van der Waals surface area contributed by atoms with E-state index in [1.165, 1.54) is 6.26 Å². The number of imide groups is 1. The molecule has 1 saturated heterocycles.